The van der Waals surface area contributed by atoms with Gasteiger partial charge < -0.3 is 5.32 Å². The molecule has 1 heterocycles. The number of hydrogen-bond acceptors (Lipinski definition) is 2. The molecule has 1 atom stereocenters. The fourth-order valence-electron chi connectivity index (χ4n) is 2.84. The van der Waals surface area contributed by atoms with Crippen LogP contribution >= 0.6 is 0 Å². The average molecular weight is 209 g/mol. The molecule has 2 heteroatoms. The molecule has 0 bridgehead atoms. The molecule has 1 unspecified atom stereocenters. The zero-order chi connectivity index (χ0) is 10.7. The molecule has 0 amide bonds. The van der Waals surface area contributed by atoms with E-state index in [-0.39, 0.29) is 5.41 Å². The summed E-state index contributed by atoms with van der Waals surface area (Å²) in [6.07, 6.45) is 7.98. The normalized spacial score (nSPS) is 31.5. The van der Waals surface area contributed by atoms with Crippen LogP contribution in [-0.4, -0.2) is 18.9 Å². The molecule has 0 aromatic heterocycles. The first-order valence-electron chi connectivity index (χ1n) is 6.51. The summed E-state index contributed by atoms with van der Waals surface area (Å²) in [6.45, 7) is 4.23. The Labute approximate surface area is 92.8 Å². The van der Waals surface area contributed by atoms with E-state index < -0.39 is 0 Å². The van der Waals surface area contributed by atoms with Crippen LogP contribution in [0, 0.1) is 11.3 Å². The van der Waals surface area contributed by atoms with Gasteiger partial charge in [0.2, 0.25) is 0 Å². The minimum atomic E-state index is 0.00951. The van der Waals surface area contributed by atoms with Crippen molar-refractivity contribution in [1.29, 1.82) is 0 Å². The van der Waals surface area contributed by atoms with Gasteiger partial charge in [0.1, 0.15) is 5.78 Å². The minimum absolute atomic E-state index is 0.00951. The summed E-state index contributed by atoms with van der Waals surface area (Å²) in [4.78, 5) is 12.3. The van der Waals surface area contributed by atoms with Crippen LogP contribution in [0.4, 0.5) is 0 Å². The molecular weight excluding hydrogens is 186 g/mol. The van der Waals surface area contributed by atoms with Crippen molar-refractivity contribution in [3.05, 3.63) is 0 Å². The molecule has 1 saturated heterocycles. The standard InChI is InChI=1S/C13H23NO/c1-2-6-13(7-3-8-14-10-13)12(15)9-11-4-5-11/h11,14H,2-10H2,1H3. The van der Waals surface area contributed by atoms with Gasteiger partial charge in [0.15, 0.2) is 0 Å². The van der Waals surface area contributed by atoms with Gasteiger partial charge in [-0.15, -0.1) is 0 Å². The first-order chi connectivity index (χ1) is 7.27. The number of hydrogen-bond donors (Lipinski definition) is 1. The Morgan fingerprint density at radius 2 is 2.27 bits per heavy atom. The number of rotatable bonds is 5. The Kier molecular flexibility index (Phi) is 3.45. The Balaban J connectivity index is 1.98. The largest absolute Gasteiger partial charge is 0.316 e. The van der Waals surface area contributed by atoms with Gasteiger partial charge in [-0.2, -0.15) is 0 Å². The molecular formula is C13H23NO. The number of piperidine rings is 1. The van der Waals surface area contributed by atoms with Gasteiger partial charge in [-0.05, 0) is 44.6 Å². The summed E-state index contributed by atoms with van der Waals surface area (Å²) in [7, 11) is 0. The zero-order valence-corrected chi connectivity index (χ0v) is 9.85. The summed E-state index contributed by atoms with van der Waals surface area (Å²) in [6, 6.07) is 0. The van der Waals surface area contributed by atoms with Crippen LogP contribution in [0.1, 0.15) is 51.9 Å². The van der Waals surface area contributed by atoms with Crippen molar-refractivity contribution in [2.75, 3.05) is 13.1 Å². The highest BCUT2D eigenvalue weighted by Gasteiger charge is 2.40. The van der Waals surface area contributed by atoms with Crippen LogP contribution in [-0.2, 0) is 4.79 Å². The summed E-state index contributed by atoms with van der Waals surface area (Å²) in [5.74, 6) is 1.30. The molecule has 1 aliphatic heterocycles. The molecule has 2 rings (SSSR count). The maximum absolute atomic E-state index is 12.3. The van der Waals surface area contributed by atoms with E-state index in [2.05, 4.69) is 12.2 Å². The summed E-state index contributed by atoms with van der Waals surface area (Å²) in [5.41, 5.74) is 0.00951. The molecule has 2 aliphatic rings. The highest BCUT2D eigenvalue weighted by atomic mass is 16.1. The second-order valence-electron chi connectivity index (χ2n) is 5.38. The summed E-state index contributed by atoms with van der Waals surface area (Å²) >= 11 is 0. The van der Waals surface area contributed by atoms with Crippen molar-refractivity contribution in [1.82, 2.24) is 5.32 Å². The SMILES string of the molecule is CCCC1(C(=O)CC2CC2)CCCNC1. The molecule has 0 aromatic carbocycles. The maximum Gasteiger partial charge on any atom is 0.140 e. The molecule has 86 valence electrons. The Hall–Kier alpha value is -0.370. The van der Waals surface area contributed by atoms with E-state index in [0.29, 0.717) is 5.78 Å². The fraction of sp³-hybridized carbons (Fsp3) is 0.923. The van der Waals surface area contributed by atoms with Crippen LogP contribution < -0.4 is 5.32 Å². The van der Waals surface area contributed by atoms with Gasteiger partial charge in [0.05, 0.1) is 0 Å². The van der Waals surface area contributed by atoms with E-state index in [9.17, 15) is 4.79 Å². The molecule has 1 saturated carbocycles. The third kappa shape index (κ3) is 2.60. The van der Waals surface area contributed by atoms with E-state index in [1.54, 1.807) is 0 Å². The van der Waals surface area contributed by atoms with Crippen molar-refractivity contribution in [2.45, 2.75) is 51.9 Å². The number of nitrogens with one attached hydrogen (secondary N) is 1. The van der Waals surface area contributed by atoms with E-state index in [4.69, 9.17) is 0 Å². The van der Waals surface area contributed by atoms with Crippen LogP contribution in [0.5, 0.6) is 0 Å². The Bertz CT molecular complexity index is 221. The van der Waals surface area contributed by atoms with Crippen molar-refractivity contribution in [3.8, 4) is 0 Å². The lowest BCUT2D eigenvalue weighted by Crippen LogP contribution is -2.45. The van der Waals surface area contributed by atoms with Crippen molar-refractivity contribution >= 4 is 5.78 Å². The summed E-state index contributed by atoms with van der Waals surface area (Å²) in [5, 5.41) is 3.41. The van der Waals surface area contributed by atoms with E-state index in [1.165, 1.54) is 19.3 Å². The van der Waals surface area contributed by atoms with Crippen molar-refractivity contribution < 1.29 is 4.79 Å². The number of Topliss-reactive ketones (excluding diaryl/α,β-unsaturated/α-hetero) is 1. The molecule has 1 aliphatic carbocycles. The van der Waals surface area contributed by atoms with Gasteiger partial charge in [-0.25, -0.2) is 0 Å². The highest BCUT2D eigenvalue weighted by Crippen LogP contribution is 2.40. The van der Waals surface area contributed by atoms with Gasteiger partial charge in [-0.3, -0.25) is 4.79 Å². The predicted molar refractivity (Wildman–Crippen MR) is 61.8 cm³/mol. The third-order valence-corrected chi connectivity index (χ3v) is 3.96. The van der Waals surface area contributed by atoms with Crippen LogP contribution in [0.3, 0.4) is 0 Å². The second-order valence-corrected chi connectivity index (χ2v) is 5.38. The monoisotopic (exact) mass is 209 g/mol. The maximum atomic E-state index is 12.3. The Morgan fingerprint density at radius 1 is 1.47 bits per heavy atom. The third-order valence-electron chi connectivity index (χ3n) is 3.96. The molecule has 2 nitrogen and oxygen atoms in total. The number of carbonyl (C=O) groups excluding carboxylic acids is 1. The molecule has 0 spiro atoms. The highest BCUT2D eigenvalue weighted by molar-refractivity contribution is 5.85. The van der Waals surface area contributed by atoms with Crippen molar-refractivity contribution in [2.24, 2.45) is 11.3 Å². The topological polar surface area (TPSA) is 29.1 Å². The molecule has 0 radical (unpaired) electrons. The number of ketones is 1. The van der Waals surface area contributed by atoms with E-state index in [0.717, 1.165) is 44.7 Å². The van der Waals surface area contributed by atoms with Crippen molar-refractivity contribution in [3.63, 3.8) is 0 Å². The smallest absolute Gasteiger partial charge is 0.140 e. The fourth-order valence-corrected chi connectivity index (χ4v) is 2.84. The van der Waals surface area contributed by atoms with Gasteiger partial charge in [-0.1, -0.05) is 13.3 Å². The van der Waals surface area contributed by atoms with Gasteiger partial charge >= 0.3 is 0 Å². The van der Waals surface area contributed by atoms with E-state index in [1.807, 2.05) is 0 Å². The second kappa shape index (κ2) is 4.65. The lowest BCUT2D eigenvalue weighted by atomic mass is 9.72. The van der Waals surface area contributed by atoms with E-state index >= 15 is 0 Å². The van der Waals surface area contributed by atoms with Gasteiger partial charge in [0.25, 0.3) is 0 Å². The van der Waals surface area contributed by atoms with Crippen LogP contribution in [0.25, 0.3) is 0 Å². The predicted octanol–water partition coefficient (Wildman–Crippen LogP) is 2.53. The Morgan fingerprint density at radius 3 is 2.80 bits per heavy atom. The average Bonchev–Trinajstić information content (AvgIpc) is 3.03. The minimum Gasteiger partial charge on any atom is -0.316 e. The van der Waals surface area contributed by atoms with Gasteiger partial charge in [0, 0.05) is 18.4 Å². The molecule has 1 N–H and O–H groups in total. The molecule has 0 aromatic rings. The zero-order valence-electron chi connectivity index (χ0n) is 9.85. The first kappa shape index (κ1) is 11.1. The van der Waals surface area contributed by atoms with Crippen LogP contribution in [0.2, 0.25) is 0 Å². The molecule has 15 heavy (non-hydrogen) atoms. The van der Waals surface area contributed by atoms with Crippen LogP contribution in [0.15, 0.2) is 0 Å². The molecule has 2 fully saturated rings. The summed E-state index contributed by atoms with van der Waals surface area (Å²) < 4.78 is 0. The number of carbonyl (C=O) groups is 1. The quantitative estimate of drug-likeness (QED) is 0.754. The lowest BCUT2D eigenvalue weighted by molar-refractivity contribution is -0.130. The first-order valence-corrected chi connectivity index (χ1v) is 6.51. The lowest BCUT2D eigenvalue weighted by Gasteiger charge is -2.36.